The number of rotatable bonds is 4. The molecule has 1 heterocycles. The molecule has 0 saturated heterocycles. The first-order chi connectivity index (χ1) is 7.56. The van der Waals surface area contributed by atoms with Gasteiger partial charge in [0.25, 0.3) is 0 Å². The Labute approximate surface area is 93.6 Å². The van der Waals surface area contributed by atoms with Gasteiger partial charge in [0.15, 0.2) is 4.31 Å². The molecule has 1 aromatic heterocycles. The molecule has 0 spiro atoms. The summed E-state index contributed by atoms with van der Waals surface area (Å²) in [6.07, 6.45) is 4.19. The number of hydrogen-bond acceptors (Lipinski definition) is 5. The maximum atomic E-state index is 9.39. The van der Waals surface area contributed by atoms with Gasteiger partial charge in [-0.05, 0) is 18.1 Å². The van der Waals surface area contributed by atoms with E-state index in [1.165, 1.54) is 0 Å². The van der Waals surface area contributed by atoms with Crippen molar-refractivity contribution in [2.24, 2.45) is 0 Å². The molecule has 0 radical (unpaired) electrons. The van der Waals surface area contributed by atoms with E-state index in [1.54, 1.807) is 12.4 Å². The highest BCUT2D eigenvalue weighted by Gasteiger charge is 2.31. The van der Waals surface area contributed by atoms with Crippen molar-refractivity contribution < 1.29 is 28.3 Å². The SMILES string of the molecule is O=[P+](O)O[P+](=O)O.OCCc1cccnc1. The van der Waals surface area contributed by atoms with Crippen LogP contribution in [0.25, 0.3) is 0 Å². The van der Waals surface area contributed by atoms with E-state index in [4.69, 9.17) is 14.9 Å². The largest absolute Gasteiger partial charge is 0.745 e. The molecule has 0 saturated carbocycles. The van der Waals surface area contributed by atoms with Crippen LogP contribution in [0.1, 0.15) is 5.56 Å². The summed E-state index contributed by atoms with van der Waals surface area (Å²) in [4.78, 5) is 19.2. The average Bonchev–Trinajstić information content (AvgIpc) is 2.18. The molecular formula is C7H11NO6P2+2. The Morgan fingerprint density at radius 1 is 1.31 bits per heavy atom. The van der Waals surface area contributed by atoms with Gasteiger partial charge < -0.3 is 5.11 Å². The first-order valence-electron chi connectivity index (χ1n) is 4.06. The summed E-state index contributed by atoms with van der Waals surface area (Å²) in [5.41, 5.74) is 1.08. The zero-order valence-electron chi connectivity index (χ0n) is 8.13. The van der Waals surface area contributed by atoms with Gasteiger partial charge >= 0.3 is 16.5 Å². The predicted octanol–water partition coefficient (Wildman–Crippen LogP) is 0.919. The van der Waals surface area contributed by atoms with E-state index in [9.17, 15) is 9.13 Å². The Morgan fingerprint density at radius 2 is 1.94 bits per heavy atom. The Bertz CT molecular complexity index is 321. The second-order valence-corrected chi connectivity index (χ2v) is 4.00. The van der Waals surface area contributed by atoms with Crippen molar-refractivity contribution in [3.8, 4) is 0 Å². The molecule has 0 bridgehead atoms. The van der Waals surface area contributed by atoms with Gasteiger partial charge in [0.05, 0.1) is 0 Å². The maximum absolute atomic E-state index is 9.39. The number of nitrogens with zero attached hydrogens (tertiary/aromatic N) is 1. The first-order valence-corrected chi connectivity index (χ1v) is 6.32. The van der Waals surface area contributed by atoms with Crippen LogP contribution in [0.5, 0.6) is 0 Å². The third-order valence-electron chi connectivity index (χ3n) is 1.26. The smallest absolute Gasteiger partial charge is 0.396 e. The highest BCUT2D eigenvalue weighted by Crippen LogP contribution is 2.30. The van der Waals surface area contributed by atoms with Crippen LogP contribution in [-0.4, -0.2) is 26.5 Å². The van der Waals surface area contributed by atoms with Crippen LogP contribution in [0.2, 0.25) is 0 Å². The van der Waals surface area contributed by atoms with Crippen molar-refractivity contribution in [2.75, 3.05) is 6.61 Å². The molecular weight excluding hydrogens is 256 g/mol. The van der Waals surface area contributed by atoms with Crippen molar-refractivity contribution in [2.45, 2.75) is 6.42 Å². The van der Waals surface area contributed by atoms with Crippen molar-refractivity contribution in [1.82, 2.24) is 4.98 Å². The van der Waals surface area contributed by atoms with E-state index in [-0.39, 0.29) is 6.61 Å². The number of aliphatic hydroxyl groups excluding tert-OH is 1. The zero-order chi connectivity index (χ0) is 12.4. The fourth-order valence-electron chi connectivity index (χ4n) is 0.735. The molecule has 0 fully saturated rings. The van der Waals surface area contributed by atoms with Crippen LogP contribution in [-0.2, 0) is 19.9 Å². The summed E-state index contributed by atoms with van der Waals surface area (Å²) in [7, 11) is -5.85. The highest BCUT2D eigenvalue weighted by molar-refractivity contribution is 7.46. The van der Waals surface area contributed by atoms with Gasteiger partial charge in [0.2, 0.25) is 0 Å². The summed E-state index contributed by atoms with van der Waals surface area (Å²) < 4.78 is 22.2. The van der Waals surface area contributed by atoms with Crippen LogP contribution >= 0.6 is 16.5 Å². The molecule has 0 amide bonds. The number of pyridine rings is 1. The molecule has 1 aromatic rings. The molecule has 3 N–H and O–H groups in total. The highest BCUT2D eigenvalue weighted by atomic mass is 31.2. The van der Waals surface area contributed by atoms with Crippen molar-refractivity contribution in [3.05, 3.63) is 30.1 Å². The molecule has 16 heavy (non-hydrogen) atoms. The quantitative estimate of drug-likeness (QED) is 0.694. The van der Waals surface area contributed by atoms with Gasteiger partial charge in [-0.2, -0.15) is 0 Å². The standard InChI is InChI=1S/C7H9NO.O5P2/c9-5-3-7-2-1-4-8-6-7;1-6(2)5-7(3)4/h1-2,4,6,9H,3,5H2;/p+2. The molecule has 0 aliphatic carbocycles. The lowest BCUT2D eigenvalue weighted by Crippen LogP contribution is -1.89. The summed E-state index contributed by atoms with van der Waals surface area (Å²) >= 11 is 0. The Balaban J connectivity index is 0.000000293. The van der Waals surface area contributed by atoms with Crippen molar-refractivity contribution in [1.29, 1.82) is 0 Å². The monoisotopic (exact) mass is 267 g/mol. The Morgan fingerprint density at radius 3 is 2.25 bits per heavy atom. The second kappa shape index (κ2) is 9.42. The summed E-state index contributed by atoms with van der Waals surface area (Å²) in [5.74, 6) is 0. The minimum absolute atomic E-state index is 0.200. The van der Waals surface area contributed by atoms with Crippen molar-refractivity contribution in [3.63, 3.8) is 0 Å². The van der Waals surface area contributed by atoms with Gasteiger partial charge in [0, 0.05) is 28.1 Å². The maximum Gasteiger partial charge on any atom is 0.745 e. The van der Waals surface area contributed by atoms with Crippen LogP contribution in [0.3, 0.4) is 0 Å². The molecule has 1 rings (SSSR count). The molecule has 7 nitrogen and oxygen atoms in total. The molecule has 0 aliphatic rings. The lowest BCUT2D eigenvalue weighted by atomic mass is 10.2. The van der Waals surface area contributed by atoms with E-state index in [0.717, 1.165) is 5.56 Å². The molecule has 0 aromatic carbocycles. The normalized spacial score (nSPS) is 11.2. The van der Waals surface area contributed by atoms with Gasteiger partial charge in [-0.3, -0.25) is 4.98 Å². The second-order valence-electron chi connectivity index (χ2n) is 2.39. The lowest BCUT2D eigenvalue weighted by Gasteiger charge is -1.92. The molecule has 88 valence electrons. The van der Waals surface area contributed by atoms with Crippen LogP contribution in [0, 0.1) is 0 Å². The first kappa shape index (κ1) is 15.2. The Kier molecular flexibility index (Phi) is 8.94. The number of hydrogen-bond donors (Lipinski definition) is 3. The molecule has 0 aliphatic heterocycles. The van der Waals surface area contributed by atoms with E-state index in [2.05, 4.69) is 9.29 Å². The van der Waals surface area contributed by atoms with E-state index in [0.29, 0.717) is 6.42 Å². The molecule has 2 atom stereocenters. The van der Waals surface area contributed by atoms with Crippen LogP contribution in [0.4, 0.5) is 0 Å². The minimum Gasteiger partial charge on any atom is -0.396 e. The third kappa shape index (κ3) is 9.73. The fourth-order valence-corrected chi connectivity index (χ4v) is 1.21. The van der Waals surface area contributed by atoms with Gasteiger partial charge in [0.1, 0.15) is 0 Å². The summed E-state index contributed by atoms with van der Waals surface area (Å²) in [6, 6.07) is 3.81. The summed E-state index contributed by atoms with van der Waals surface area (Å²) in [5, 5.41) is 8.49. The summed E-state index contributed by atoms with van der Waals surface area (Å²) in [6.45, 7) is 0.200. The fraction of sp³-hybridized carbons (Fsp3) is 0.286. The average molecular weight is 267 g/mol. The Hall–Kier alpha value is -0.810. The van der Waals surface area contributed by atoms with E-state index >= 15 is 0 Å². The number of aromatic nitrogens is 1. The minimum atomic E-state index is -2.92. The zero-order valence-corrected chi connectivity index (χ0v) is 9.92. The van der Waals surface area contributed by atoms with Gasteiger partial charge in [-0.1, -0.05) is 6.07 Å². The van der Waals surface area contributed by atoms with Crippen LogP contribution in [0.15, 0.2) is 24.5 Å². The van der Waals surface area contributed by atoms with Crippen LogP contribution < -0.4 is 0 Å². The topological polar surface area (TPSA) is 117 Å². The predicted molar refractivity (Wildman–Crippen MR) is 55.8 cm³/mol. The van der Waals surface area contributed by atoms with Gasteiger partial charge in [-0.15, -0.1) is 9.79 Å². The van der Waals surface area contributed by atoms with E-state index < -0.39 is 16.5 Å². The lowest BCUT2D eigenvalue weighted by molar-refractivity contribution is 0.299. The van der Waals surface area contributed by atoms with Gasteiger partial charge in [-0.25, -0.2) is 0 Å². The third-order valence-corrected chi connectivity index (χ3v) is 2.38. The molecule has 2 unspecified atom stereocenters. The van der Waals surface area contributed by atoms with E-state index in [1.807, 2.05) is 12.1 Å². The number of aliphatic hydroxyl groups is 1. The molecule has 9 heteroatoms. The van der Waals surface area contributed by atoms with Crippen molar-refractivity contribution >= 4 is 16.5 Å².